The van der Waals surface area contributed by atoms with Crippen molar-refractivity contribution in [3.63, 3.8) is 0 Å². The molecule has 1 fully saturated rings. The number of amides is 3. The first kappa shape index (κ1) is 17.1. The molecule has 1 aromatic heterocycles. The van der Waals surface area contributed by atoms with Gasteiger partial charge in [-0.25, -0.2) is 4.79 Å². The van der Waals surface area contributed by atoms with Gasteiger partial charge in [-0.2, -0.15) is 0 Å². The molecule has 1 aliphatic heterocycles. The zero-order chi connectivity index (χ0) is 17.6. The normalized spacial score (nSPS) is 16.3. The van der Waals surface area contributed by atoms with Crippen LogP contribution in [0.5, 0.6) is 0 Å². The van der Waals surface area contributed by atoms with Crippen LogP contribution in [0.15, 0.2) is 53.1 Å². The zero-order valence-corrected chi connectivity index (χ0v) is 14.3. The van der Waals surface area contributed by atoms with E-state index in [1.54, 1.807) is 11.2 Å². The molecule has 0 radical (unpaired) electrons. The van der Waals surface area contributed by atoms with Gasteiger partial charge in [-0.1, -0.05) is 18.2 Å². The third-order valence-corrected chi connectivity index (χ3v) is 4.51. The molecule has 6 heteroatoms. The molecule has 1 saturated heterocycles. The number of hydrogen-bond donors (Lipinski definition) is 2. The maximum absolute atomic E-state index is 12.4. The number of anilines is 1. The number of nitrogens with one attached hydrogen (secondary N) is 2. The molecular formula is C19H23N3O3. The van der Waals surface area contributed by atoms with Crippen molar-refractivity contribution in [2.45, 2.75) is 25.8 Å². The van der Waals surface area contributed by atoms with Crippen LogP contribution in [0.4, 0.5) is 10.5 Å². The molecule has 132 valence electrons. The van der Waals surface area contributed by atoms with Crippen molar-refractivity contribution in [3.8, 4) is 0 Å². The number of benzene rings is 1. The molecule has 2 N–H and O–H groups in total. The maximum Gasteiger partial charge on any atom is 0.321 e. The number of para-hydroxylation sites is 1. The van der Waals surface area contributed by atoms with Gasteiger partial charge in [0.05, 0.1) is 12.3 Å². The highest BCUT2D eigenvalue weighted by molar-refractivity contribution is 5.89. The highest BCUT2D eigenvalue weighted by Crippen LogP contribution is 2.20. The smallest absolute Gasteiger partial charge is 0.321 e. The molecule has 0 saturated carbocycles. The lowest BCUT2D eigenvalue weighted by Gasteiger charge is -2.31. The van der Waals surface area contributed by atoms with Crippen molar-refractivity contribution in [1.82, 2.24) is 10.2 Å². The minimum absolute atomic E-state index is 0.0204. The molecule has 25 heavy (non-hydrogen) atoms. The Hall–Kier alpha value is -2.76. The summed E-state index contributed by atoms with van der Waals surface area (Å²) in [6.07, 6.45) is 2.93. The van der Waals surface area contributed by atoms with Crippen molar-refractivity contribution in [3.05, 3.63) is 54.5 Å². The van der Waals surface area contributed by atoms with E-state index in [2.05, 4.69) is 10.6 Å². The first-order valence-electron chi connectivity index (χ1n) is 8.58. The van der Waals surface area contributed by atoms with Crippen molar-refractivity contribution in [2.75, 3.05) is 18.4 Å². The fourth-order valence-corrected chi connectivity index (χ4v) is 3.01. The Morgan fingerprint density at radius 1 is 1.12 bits per heavy atom. The van der Waals surface area contributed by atoms with Crippen LogP contribution in [-0.2, 0) is 4.79 Å². The Morgan fingerprint density at radius 3 is 2.48 bits per heavy atom. The second-order valence-electron chi connectivity index (χ2n) is 6.30. The van der Waals surface area contributed by atoms with Crippen LogP contribution in [-0.4, -0.2) is 29.9 Å². The van der Waals surface area contributed by atoms with Gasteiger partial charge in [-0.05, 0) is 44.0 Å². The van der Waals surface area contributed by atoms with E-state index >= 15 is 0 Å². The summed E-state index contributed by atoms with van der Waals surface area (Å²) in [5.74, 6) is 0.693. The van der Waals surface area contributed by atoms with Crippen LogP contribution in [0, 0.1) is 5.92 Å². The van der Waals surface area contributed by atoms with Crippen LogP contribution in [0.1, 0.15) is 31.6 Å². The second-order valence-corrected chi connectivity index (χ2v) is 6.30. The van der Waals surface area contributed by atoms with Crippen LogP contribution in [0.3, 0.4) is 0 Å². The number of carbonyl (C=O) groups is 2. The summed E-state index contributed by atoms with van der Waals surface area (Å²) < 4.78 is 5.31. The average Bonchev–Trinajstić information content (AvgIpc) is 3.17. The first-order chi connectivity index (χ1) is 12.1. The van der Waals surface area contributed by atoms with Gasteiger partial charge in [0.1, 0.15) is 5.76 Å². The Bertz CT molecular complexity index is 692. The van der Waals surface area contributed by atoms with Crippen LogP contribution >= 0.6 is 0 Å². The number of nitrogens with zero attached hydrogens (tertiary/aromatic N) is 1. The van der Waals surface area contributed by atoms with Gasteiger partial charge in [0, 0.05) is 24.7 Å². The predicted octanol–water partition coefficient (Wildman–Crippen LogP) is 3.40. The largest absolute Gasteiger partial charge is 0.467 e. The lowest BCUT2D eigenvalue weighted by molar-refractivity contribution is -0.127. The van der Waals surface area contributed by atoms with E-state index in [9.17, 15) is 9.59 Å². The van der Waals surface area contributed by atoms with Gasteiger partial charge < -0.3 is 20.0 Å². The molecule has 3 rings (SSSR count). The Balaban J connectivity index is 1.46. The van der Waals surface area contributed by atoms with Crippen LogP contribution < -0.4 is 10.6 Å². The summed E-state index contributed by atoms with van der Waals surface area (Å²) in [5, 5.41) is 5.86. The molecule has 0 spiro atoms. The Morgan fingerprint density at radius 2 is 1.84 bits per heavy atom. The average molecular weight is 341 g/mol. The molecule has 3 amide bonds. The zero-order valence-electron chi connectivity index (χ0n) is 14.3. The number of furan rings is 1. The Labute approximate surface area is 147 Å². The standard InChI is InChI=1S/C19H23N3O3/c1-14(17-8-5-13-25-17)20-18(23)15-9-11-22(12-10-15)19(24)21-16-6-3-2-4-7-16/h2-8,13-15H,9-12H2,1H3,(H,20,23)(H,21,24)/t14-/m0/s1. The molecule has 1 atom stereocenters. The van der Waals surface area contributed by atoms with Crippen LogP contribution in [0.2, 0.25) is 0 Å². The molecular weight excluding hydrogens is 318 g/mol. The molecule has 0 bridgehead atoms. The second kappa shape index (κ2) is 7.88. The van der Waals surface area contributed by atoms with Crippen molar-refractivity contribution in [1.29, 1.82) is 0 Å². The van der Waals surface area contributed by atoms with E-state index in [1.807, 2.05) is 49.4 Å². The van der Waals surface area contributed by atoms with Gasteiger partial charge in [0.25, 0.3) is 0 Å². The molecule has 6 nitrogen and oxygen atoms in total. The summed E-state index contributed by atoms with van der Waals surface area (Å²) in [6, 6.07) is 12.8. The highest BCUT2D eigenvalue weighted by atomic mass is 16.3. The van der Waals surface area contributed by atoms with E-state index in [0.29, 0.717) is 25.9 Å². The molecule has 2 heterocycles. The van der Waals surface area contributed by atoms with Crippen molar-refractivity contribution < 1.29 is 14.0 Å². The fourth-order valence-electron chi connectivity index (χ4n) is 3.01. The van der Waals surface area contributed by atoms with Crippen LogP contribution in [0.25, 0.3) is 0 Å². The molecule has 2 aromatic rings. The third-order valence-electron chi connectivity index (χ3n) is 4.51. The maximum atomic E-state index is 12.4. The van der Waals surface area contributed by atoms with E-state index in [0.717, 1.165) is 11.4 Å². The van der Waals surface area contributed by atoms with E-state index < -0.39 is 0 Å². The highest BCUT2D eigenvalue weighted by Gasteiger charge is 2.28. The predicted molar refractivity (Wildman–Crippen MR) is 95.0 cm³/mol. The van der Waals surface area contributed by atoms with Gasteiger partial charge in [-0.3, -0.25) is 4.79 Å². The quantitative estimate of drug-likeness (QED) is 0.895. The SMILES string of the molecule is C[C@H](NC(=O)C1CCN(C(=O)Nc2ccccc2)CC1)c1ccco1. The topological polar surface area (TPSA) is 74.6 Å². The van der Waals surface area contributed by atoms with Gasteiger partial charge >= 0.3 is 6.03 Å². The van der Waals surface area contributed by atoms with E-state index in [-0.39, 0.29) is 23.9 Å². The van der Waals surface area contributed by atoms with Gasteiger partial charge in [0.2, 0.25) is 5.91 Å². The first-order valence-corrected chi connectivity index (χ1v) is 8.58. The minimum Gasteiger partial charge on any atom is -0.467 e. The van der Waals surface area contributed by atoms with Gasteiger partial charge in [0.15, 0.2) is 0 Å². The number of hydrogen-bond acceptors (Lipinski definition) is 3. The van der Waals surface area contributed by atoms with E-state index in [4.69, 9.17) is 4.42 Å². The summed E-state index contributed by atoms with van der Waals surface area (Å²) >= 11 is 0. The number of urea groups is 1. The summed E-state index contributed by atoms with van der Waals surface area (Å²) in [5.41, 5.74) is 0.777. The summed E-state index contributed by atoms with van der Waals surface area (Å²) in [6.45, 7) is 3.05. The van der Waals surface area contributed by atoms with E-state index in [1.165, 1.54) is 0 Å². The van der Waals surface area contributed by atoms with Crippen molar-refractivity contribution >= 4 is 17.6 Å². The number of carbonyl (C=O) groups excluding carboxylic acids is 2. The molecule has 0 unspecified atom stereocenters. The molecule has 1 aromatic carbocycles. The fraction of sp³-hybridized carbons (Fsp3) is 0.368. The third kappa shape index (κ3) is 4.41. The minimum atomic E-state index is -0.151. The lowest BCUT2D eigenvalue weighted by atomic mass is 9.95. The monoisotopic (exact) mass is 341 g/mol. The summed E-state index contributed by atoms with van der Waals surface area (Å²) in [7, 11) is 0. The summed E-state index contributed by atoms with van der Waals surface area (Å²) in [4.78, 5) is 26.4. The van der Waals surface area contributed by atoms with Gasteiger partial charge in [-0.15, -0.1) is 0 Å². The van der Waals surface area contributed by atoms with Crippen molar-refractivity contribution in [2.24, 2.45) is 5.92 Å². The molecule has 1 aliphatic rings. The number of rotatable bonds is 4. The Kier molecular flexibility index (Phi) is 5.38. The number of piperidine rings is 1. The molecule has 0 aliphatic carbocycles. The lowest BCUT2D eigenvalue weighted by Crippen LogP contribution is -2.44. The number of likely N-dealkylation sites (tertiary alicyclic amines) is 1.